The Bertz CT molecular complexity index is 452. The molecule has 7 heteroatoms. The van der Waals surface area contributed by atoms with Gasteiger partial charge in [0.15, 0.2) is 0 Å². The van der Waals surface area contributed by atoms with Gasteiger partial charge in [0.25, 0.3) is 11.8 Å². The molecule has 1 atom stereocenters. The molecule has 7 nitrogen and oxygen atoms in total. The third kappa shape index (κ3) is 3.59. The average Bonchev–Trinajstić information content (AvgIpc) is 2.42. The number of hydrazine groups is 1. The number of amides is 2. The van der Waals surface area contributed by atoms with Gasteiger partial charge in [-0.3, -0.25) is 20.4 Å². The summed E-state index contributed by atoms with van der Waals surface area (Å²) in [5.41, 5.74) is 10.0. The summed E-state index contributed by atoms with van der Waals surface area (Å²) >= 11 is 0. The highest BCUT2D eigenvalue weighted by molar-refractivity contribution is 6.00. The summed E-state index contributed by atoms with van der Waals surface area (Å²) in [6.07, 6.45) is 0. The van der Waals surface area contributed by atoms with Crippen molar-refractivity contribution < 1.29 is 19.1 Å². The fraction of sp³-hybridized carbons (Fsp3) is 0.333. The highest BCUT2D eigenvalue weighted by atomic mass is 16.5. The second kappa shape index (κ2) is 6.60. The van der Waals surface area contributed by atoms with Crippen molar-refractivity contribution in [3.05, 3.63) is 23.8 Å². The summed E-state index contributed by atoms with van der Waals surface area (Å²) in [6.45, 7) is 1.51. The molecular formula is C12H17N3O4. The molecule has 104 valence electrons. The highest BCUT2D eigenvalue weighted by Crippen LogP contribution is 2.27. The van der Waals surface area contributed by atoms with Crippen molar-refractivity contribution in [2.75, 3.05) is 14.2 Å². The Balaban J connectivity index is 2.90. The molecule has 0 aliphatic heterocycles. The summed E-state index contributed by atoms with van der Waals surface area (Å²) in [5.74, 6) is -0.371. The maximum atomic E-state index is 12.0. The summed E-state index contributed by atoms with van der Waals surface area (Å²) in [4.78, 5) is 23.3. The lowest BCUT2D eigenvalue weighted by molar-refractivity contribution is -0.122. The molecule has 0 heterocycles. The zero-order valence-electron chi connectivity index (χ0n) is 11.0. The van der Waals surface area contributed by atoms with E-state index in [2.05, 4.69) is 10.9 Å². The first kappa shape index (κ1) is 14.8. The zero-order chi connectivity index (χ0) is 14.4. The molecule has 0 radical (unpaired) electrons. The molecule has 2 amide bonds. The standard InChI is InChI=1S/C12H17N3O4/c1-7(13)11(16)14-15-12(17)10-8(18-2)5-4-6-9(10)19-3/h4-7H,13H2,1-3H3,(H,14,16)(H,15,17). The van der Waals surface area contributed by atoms with E-state index in [-0.39, 0.29) is 5.56 Å². The normalized spacial score (nSPS) is 11.4. The van der Waals surface area contributed by atoms with E-state index in [1.165, 1.54) is 21.1 Å². The summed E-state index contributed by atoms with van der Waals surface area (Å²) in [5, 5.41) is 0. The summed E-state index contributed by atoms with van der Waals surface area (Å²) in [6, 6.07) is 4.20. The number of nitrogens with two attached hydrogens (primary N) is 1. The first-order valence-corrected chi connectivity index (χ1v) is 5.58. The van der Waals surface area contributed by atoms with Crippen molar-refractivity contribution in [3.63, 3.8) is 0 Å². The predicted octanol–water partition coefficient (Wildman–Crippen LogP) is -0.188. The van der Waals surface area contributed by atoms with Crippen LogP contribution in [-0.4, -0.2) is 32.1 Å². The van der Waals surface area contributed by atoms with Crippen LogP contribution in [0.3, 0.4) is 0 Å². The molecule has 1 rings (SSSR count). The Morgan fingerprint density at radius 1 is 1.16 bits per heavy atom. The molecule has 1 aromatic rings. The van der Waals surface area contributed by atoms with Gasteiger partial charge in [0.1, 0.15) is 17.1 Å². The van der Waals surface area contributed by atoms with Gasteiger partial charge >= 0.3 is 0 Å². The Kier molecular flexibility index (Phi) is 5.13. The van der Waals surface area contributed by atoms with E-state index in [9.17, 15) is 9.59 Å². The van der Waals surface area contributed by atoms with E-state index in [1.807, 2.05) is 0 Å². The van der Waals surface area contributed by atoms with Crippen molar-refractivity contribution in [2.45, 2.75) is 13.0 Å². The number of ether oxygens (including phenoxy) is 2. The number of hydrogen-bond donors (Lipinski definition) is 3. The molecule has 1 unspecified atom stereocenters. The predicted molar refractivity (Wildman–Crippen MR) is 68.8 cm³/mol. The van der Waals surface area contributed by atoms with E-state index in [4.69, 9.17) is 15.2 Å². The van der Waals surface area contributed by atoms with Crippen molar-refractivity contribution in [2.24, 2.45) is 5.73 Å². The van der Waals surface area contributed by atoms with Crippen molar-refractivity contribution in [1.29, 1.82) is 0 Å². The number of rotatable bonds is 4. The van der Waals surface area contributed by atoms with Crippen LogP contribution in [0.15, 0.2) is 18.2 Å². The van der Waals surface area contributed by atoms with Crippen LogP contribution in [0.25, 0.3) is 0 Å². The summed E-state index contributed by atoms with van der Waals surface area (Å²) < 4.78 is 10.2. The molecule has 4 N–H and O–H groups in total. The van der Waals surface area contributed by atoms with Gasteiger partial charge in [-0.05, 0) is 19.1 Å². The maximum Gasteiger partial charge on any atom is 0.277 e. The van der Waals surface area contributed by atoms with Gasteiger partial charge in [0, 0.05) is 0 Å². The lowest BCUT2D eigenvalue weighted by atomic mass is 10.1. The van der Waals surface area contributed by atoms with Crippen molar-refractivity contribution in [1.82, 2.24) is 10.9 Å². The first-order valence-electron chi connectivity index (χ1n) is 5.58. The molecule has 0 bridgehead atoms. The maximum absolute atomic E-state index is 12.0. The van der Waals surface area contributed by atoms with Crippen LogP contribution in [0.1, 0.15) is 17.3 Å². The number of carbonyl (C=O) groups excluding carboxylic acids is 2. The van der Waals surface area contributed by atoms with E-state index in [1.54, 1.807) is 18.2 Å². The van der Waals surface area contributed by atoms with Gasteiger partial charge in [0.2, 0.25) is 0 Å². The quantitative estimate of drug-likeness (QED) is 0.656. The Morgan fingerprint density at radius 2 is 1.68 bits per heavy atom. The van der Waals surface area contributed by atoms with Gasteiger partial charge in [-0.25, -0.2) is 0 Å². The van der Waals surface area contributed by atoms with E-state index in [0.29, 0.717) is 11.5 Å². The Hall–Kier alpha value is -2.28. The minimum absolute atomic E-state index is 0.192. The van der Waals surface area contributed by atoms with Crippen LogP contribution in [0.5, 0.6) is 11.5 Å². The molecule has 0 saturated carbocycles. The smallest absolute Gasteiger partial charge is 0.277 e. The topological polar surface area (TPSA) is 103 Å². The third-order valence-corrected chi connectivity index (χ3v) is 2.37. The van der Waals surface area contributed by atoms with E-state index in [0.717, 1.165) is 0 Å². The van der Waals surface area contributed by atoms with Crippen molar-refractivity contribution in [3.8, 4) is 11.5 Å². The lowest BCUT2D eigenvalue weighted by Crippen LogP contribution is -2.48. The third-order valence-electron chi connectivity index (χ3n) is 2.37. The summed E-state index contributed by atoms with van der Waals surface area (Å²) in [7, 11) is 2.87. The van der Waals surface area contributed by atoms with Gasteiger partial charge in [-0.15, -0.1) is 0 Å². The number of carbonyl (C=O) groups is 2. The van der Waals surface area contributed by atoms with Gasteiger partial charge in [-0.2, -0.15) is 0 Å². The van der Waals surface area contributed by atoms with Crippen LogP contribution in [0.4, 0.5) is 0 Å². The Labute approximate surface area is 111 Å². The Morgan fingerprint density at radius 3 is 2.11 bits per heavy atom. The molecule has 0 fully saturated rings. The highest BCUT2D eigenvalue weighted by Gasteiger charge is 2.19. The molecule has 0 spiro atoms. The average molecular weight is 267 g/mol. The zero-order valence-corrected chi connectivity index (χ0v) is 11.0. The van der Waals surface area contributed by atoms with Crippen molar-refractivity contribution >= 4 is 11.8 Å². The number of benzene rings is 1. The molecule has 0 aromatic heterocycles. The largest absolute Gasteiger partial charge is 0.496 e. The van der Waals surface area contributed by atoms with Crippen LogP contribution < -0.4 is 26.1 Å². The van der Waals surface area contributed by atoms with E-state index < -0.39 is 17.9 Å². The van der Waals surface area contributed by atoms with Crippen LogP contribution in [-0.2, 0) is 4.79 Å². The fourth-order valence-electron chi connectivity index (χ4n) is 1.37. The molecule has 19 heavy (non-hydrogen) atoms. The molecule has 0 saturated heterocycles. The first-order chi connectivity index (χ1) is 9.01. The van der Waals surface area contributed by atoms with Gasteiger partial charge in [0.05, 0.1) is 20.3 Å². The van der Waals surface area contributed by atoms with Crippen LogP contribution in [0.2, 0.25) is 0 Å². The van der Waals surface area contributed by atoms with Crippen LogP contribution in [0, 0.1) is 0 Å². The van der Waals surface area contributed by atoms with Gasteiger partial charge in [-0.1, -0.05) is 6.07 Å². The number of nitrogens with one attached hydrogen (secondary N) is 2. The lowest BCUT2D eigenvalue weighted by Gasteiger charge is -2.14. The van der Waals surface area contributed by atoms with Gasteiger partial charge < -0.3 is 15.2 Å². The molecule has 1 aromatic carbocycles. The number of methoxy groups -OCH3 is 2. The fourth-order valence-corrected chi connectivity index (χ4v) is 1.37. The molecule has 0 aliphatic rings. The van der Waals surface area contributed by atoms with E-state index >= 15 is 0 Å². The SMILES string of the molecule is COc1cccc(OC)c1C(=O)NNC(=O)C(C)N. The molecular weight excluding hydrogens is 250 g/mol. The molecule has 0 aliphatic carbocycles. The second-order valence-corrected chi connectivity index (χ2v) is 3.77. The monoisotopic (exact) mass is 267 g/mol. The second-order valence-electron chi connectivity index (χ2n) is 3.77. The minimum atomic E-state index is -0.722. The minimum Gasteiger partial charge on any atom is -0.496 e. The van der Waals surface area contributed by atoms with Crippen LogP contribution >= 0.6 is 0 Å². The number of hydrogen-bond acceptors (Lipinski definition) is 5.